The number of nitrogens with zero attached hydrogens (tertiary/aromatic N) is 2. The first-order chi connectivity index (χ1) is 8.67. The molecule has 1 aromatic carbocycles. The van der Waals surface area contributed by atoms with Crippen LogP contribution in [0.2, 0.25) is 0 Å². The Balaban J connectivity index is 2.41. The van der Waals surface area contributed by atoms with Crippen LogP contribution in [0.25, 0.3) is 10.6 Å². The lowest BCUT2D eigenvalue weighted by Gasteiger charge is -2.08. The van der Waals surface area contributed by atoms with E-state index in [-0.39, 0.29) is 11.9 Å². The van der Waals surface area contributed by atoms with Crippen LogP contribution in [-0.2, 0) is 0 Å². The number of hydrogen-bond donors (Lipinski definition) is 1. The lowest BCUT2D eigenvalue weighted by atomic mass is 10.2. The summed E-state index contributed by atoms with van der Waals surface area (Å²) < 4.78 is 14.5. The molecule has 2 rings (SSSR count). The van der Waals surface area contributed by atoms with Crippen LogP contribution in [-0.4, -0.2) is 17.2 Å². The van der Waals surface area contributed by atoms with Crippen molar-refractivity contribution in [2.45, 2.75) is 19.4 Å². The van der Waals surface area contributed by atoms with Crippen molar-refractivity contribution < 1.29 is 4.39 Å². The standard InChI is InChI=1S/C12H13BrFN3S/c1-3-9(15-2)11-16-17-12(18-11)10-7(13)5-4-6-8(10)14/h4-6,9,15H,3H2,1-2H3. The topological polar surface area (TPSA) is 37.8 Å². The smallest absolute Gasteiger partial charge is 0.151 e. The largest absolute Gasteiger partial charge is 0.311 e. The van der Waals surface area contributed by atoms with Crippen LogP contribution in [0.15, 0.2) is 22.7 Å². The number of rotatable bonds is 4. The maximum Gasteiger partial charge on any atom is 0.151 e. The molecule has 3 nitrogen and oxygen atoms in total. The van der Waals surface area contributed by atoms with Crippen LogP contribution in [0, 0.1) is 5.82 Å². The van der Waals surface area contributed by atoms with Crippen molar-refractivity contribution in [3.05, 3.63) is 33.5 Å². The molecule has 0 aliphatic carbocycles. The summed E-state index contributed by atoms with van der Waals surface area (Å²) in [7, 11) is 1.88. The van der Waals surface area contributed by atoms with Gasteiger partial charge in [-0.05, 0) is 41.5 Å². The SMILES string of the molecule is CCC(NC)c1nnc(-c2c(F)cccc2Br)s1. The molecule has 0 aliphatic rings. The monoisotopic (exact) mass is 329 g/mol. The van der Waals surface area contributed by atoms with Gasteiger partial charge in [-0.25, -0.2) is 4.39 Å². The summed E-state index contributed by atoms with van der Waals surface area (Å²) in [6.07, 6.45) is 0.920. The molecule has 0 fully saturated rings. The minimum absolute atomic E-state index is 0.168. The highest BCUT2D eigenvalue weighted by molar-refractivity contribution is 9.10. The van der Waals surface area contributed by atoms with E-state index in [1.807, 2.05) is 7.05 Å². The van der Waals surface area contributed by atoms with Crippen LogP contribution in [0.1, 0.15) is 24.4 Å². The minimum Gasteiger partial charge on any atom is -0.311 e. The van der Waals surface area contributed by atoms with Gasteiger partial charge in [-0.3, -0.25) is 0 Å². The zero-order valence-electron chi connectivity index (χ0n) is 10.1. The molecular weight excluding hydrogens is 317 g/mol. The molecule has 1 unspecified atom stereocenters. The molecule has 0 aliphatic heterocycles. The molecule has 1 aromatic heterocycles. The third-order valence-electron chi connectivity index (χ3n) is 2.67. The molecule has 0 spiro atoms. The molecule has 0 bridgehead atoms. The highest BCUT2D eigenvalue weighted by Gasteiger charge is 2.17. The first-order valence-electron chi connectivity index (χ1n) is 5.62. The fourth-order valence-electron chi connectivity index (χ4n) is 1.68. The van der Waals surface area contributed by atoms with Crippen molar-refractivity contribution in [3.8, 4) is 10.6 Å². The van der Waals surface area contributed by atoms with Gasteiger partial charge in [0.25, 0.3) is 0 Å². The number of benzene rings is 1. The van der Waals surface area contributed by atoms with Gasteiger partial charge in [0.15, 0.2) is 5.01 Å². The third-order valence-corrected chi connectivity index (χ3v) is 4.39. The number of nitrogens with one attached hydrogen (secondary N) is 1. The van der Waals surface area contributed by atoms with Crippen LogP contribution >= 0.6 is 27.3 Å². The second-order valence-electron chi connectivity index (χ2n) is 3.79. The molecule has 1 atom stereocenters. The van der Waals surface area contributed by atoms with E-state index in [1.54, 1.807) is 12.1 Å². The second kappa shape index (κ2) is 5.86. The van der Waals surface area contributed by atoms with Gasteiger partial charge in [0.05, 0.1) is 11.6 Å². The maximum atomic E-state index is 13.8. The van der Waals surface area contributed by atoms with E-state index in [4.69, 9.17) is 0 Å². The van der Waals surface area contributed by atoms with Crippen molar-refractivity contribution in [2.75, 3.05) is 7.05 Å². The molecule has 96 valence electrons. The Morgan fingerprint density at radius 2 is 2.22 bits per heavy atom. The van der Waals surface area contributed by atoms with Gasteiger partial charge >= 0.3 is 0 Å². The Bertz CT molecular complexity index is 520. The Hall–Kier alpha value is -0.850. The highest BCUT2D eigenvalue weighted by Crippen LogP contribution is 2.34. The van der Waals surface area contributed by atoms with Gasteiger partial charge in [0.2, 0.25) is 0 Å². The van der Waals surface area contributed by atoms with Gasteiger partial charge in [0, 0.05) is 4.47 Å². The van der Waals surface area contributed by atoms with Crippen LogP contribution in [0.4, 0.5) is 4.39 Å². The summed E-state index contributed by atoms with van der Waals surface area (Å²) in [6, 6.07) is 5.06. The molecule has 0 saturated heterocycles. The third kappa shape index (κ3) is 2.60. The molecule has 18 heavy (non-hydrogen) atoms. The van der Waals surface area contributed by atoms with Crippen molar-refractivity contribution in [3.63, 3.8) is 0 Å². The van der Waals surface area contributed by atoms with Crippen molar-refractivity contribution >= 4 is 27.3 Å². The normalized spacial score (nSPS) is 12.7. The number of hydrogen-bond acceptors (Lipinski definition) is 4. The van der Waals surface area contributed by atoms with Crippen LogP contribution < -0.4 is 5.32 Å². The van der Waals surface area contributed by atoms with Gasteiger partial charge in [0.1, 0.15) is 10.8 Å². The first kappa shape index (κ1) is 13.6. The summed E-state index contributed by atoms with van der Waals surface area (Å²) in [6.45, 7) is 2.07. The summed E-state index contributed by atoms with van der Waals surface area (Å²) in [5.74, 6) is -0.287. The number of halogens is 2. The van der Waals surface area contributed by atoms with E-state index in [9.17, 15) is 4.39 Å². The maximum absolute atomic E-state index is 13.8. The van der Waals surface area contributed by atoms with E-state index >= 15 is 0 Å². The summed E-state index contributed by atoms with van der Waals surface area (Å²) >= 11 is 4.76. The summed E-state index contributed by atoms with van der Waals surface area (Å²) in [5.41, 5.74) is 0.479. The van der Waals surface area contributed by atoms with E-state index in [0.29, 0.717) is 15.0 Å². The van der Waals surface area contributed by atoms with Crippen molar-refractivity contribution in [1.29, 1.82) is 0 Å². The molecule has 2 aromatic rings. The molecule has 6 heteroatoms. The van der Waals surface area contributed by atoms with Crippen molar-refractivity contribution in [1.82, 2.24) is 15.5 Å². The Labute approximate surface area is 118 Å². The van der Waals surface area contributed by atoms with Gasteiger partial charge < -0.3 is 5.32 Å². The average Bonchev–Trinajstić information content (AvgIpc) is 2.80. The second-order valence-corrected chi connectivity index (χ2v) is 5.66. The van der Waals surface area contributed by atoms with Gasteiger partial charge in [-0.1, -0.05) is 24.3 Å². The van der Waals surface area contributed by atoms with E-state index in [2.05, 4.69) is 38.4 Å². The average molecular weight is 330 g/mol. The van der Waals surface area contributed by atoms with Crippen LogP contribution in [0.3, 0.4) is 0 Å². The lowest BCUT2D eigenvalue weighted by Crippen LogP contribution is -2.14. The Kier molecular flexibility index (Phi) is 4.42. The van der Waals surface area contributed by atoms with Gasteiger partial charge in [-0.2, -0.15) is 0 Å². The van der Waals surface area contributed by atoms with Crippen LogP contribution in [0.5, 0.6) is 0 Å². The predicted octanol–water partition coefficient (Wildman–Crippen LogP) is 3.78. The Morgan fingerprint density at radius 3 is 2.83 bits per heavy atom. The van der Waals surface area contributed by atoms with E-state index < -0.39 is 0 Å². The number of aromatic nitrogens is 2. The fraction of sp³-hybridized carbons (Fsp3) is 0.333. The van der Waals surface area contributed by atoms with Gasteiger partial charge in [-0.15, -0.1) is 10.2 Å². The fourth-order valence-corrected chi connectivity index (χ4v) is 3.44. The predicted molar refractivity (Wildman–Crippen MR) is 75.1 cm³/mol. The molecule has 0 radical (unpaired) electrons. The summed E-state index contributed by atoms with van der Waals surface area (Å²) in [5, 5.41) is 12.9. The highest BCUT2D eigenvalue weighted by atomic mass is 79.9. The molecule has 1 heterocycles. The van der Waals surface area contributed by atoms with Crippen molar-refractivity contribution in [2.24, 2.45) is 0 Å². The lowest BCUT2D eigenvalue weighted by molar-refractivity contribution is 0.568. The molecular formula is C12H13BrFN3S. The molecule has 0 amide bonds. The molecule has 1 N–H and O–H groups in total. The summed E-state index contributed by atoms with van der Waals surface area (Å²) in [4.78, 5) is 0. The van der Waals surface area contributed by atoms with E-state index in [0.717, 1.165) is 11.4 Å². The zero-order chi connectivity index (χ0) is 13.1. The Morgan fingerprint density at radius 1 is 1.44 bits per heavy atom. The van der Waals surface area contributed by atoms with E-state index in [1.165, 1.54) is 17.4 Å². The minimum atomic E-state index is -0.287. The molecule has 0 saturated carbocycles. The first-order valence-corrected chi connectivity index (χ1v) is 7.23. The zero-order valence-corrected chi connectivity index (χ0v) is 12.5. The quantitative estimate of drug-likeness (QED) is 0.927.